The van der Waals surface area contributed by atoms with E-state index in [2.05, 4.69) is 41.8 Å². The fourth-order valence-electron chi connectivity index (χ4n) is 3.16. The van der Waals surface area contributed by atoms with Crippen LogP contribution in [0.25, 0.3) is 11.3 Å². The van der Waals surface area contributed by atoms with Gasteiger partial charge >= 0.3 is 5.97 Å². The normalized spacial score (nSPS) is 10.7. The van der Waals surface area contributed by atoms with Crippen LogP contribution < -0.4 is 4.74 Å². The van der Waals surface area contributed by atoms with Crippen molar-refractivity contribution in [2.75, 3.05) is 6.61 Å². The van der Waals surface area contributed by atoms with Gasteiger partial charge in [-0.25, -0.2) is 0 Å². The van der Waals surface area contributed by atoms with Gasteiger partial charge in [-0.2, -0.15) is 0 Å². The van der Waals surface area contributed by atoms with Crippen LogP contribution in [0.3, 0.4) is 0 Å². The van der Waals surface area contributed by atoms with Gasteiger partial charge in [0.2, 0.25) is 0 Å². The van der Waals surface area contributed by atoms with Crippen molar-refractivity contribution in [3.63, 3.8) is 0 Å². The second-order valence-corrected chi connectivity index (χ2v) is 6.79. The van der Waals surface area contributed by atoms with E-state index < -0.39 is 5.97 Å². The van der Waals surface area contributed by atoms with E-state index in [4.69, 9.17) is 9.84 Å². The first kappa shape index (κ1) is 18.8. The summed E-state index contributed by atoms with van der Waals surface area (Å²) in [5.41, 5.74) is 5.60. The lowest BCUT2D eigenvalue weighted by atomic mass is 10.1. The Hall–Kier alpha value is -3.01. The molecule has 0 aliphatic heterocycles. The lowest BCUT2D eigenvalue weighted by molar-refractivity contribution is -0.136. The zero-order chi connectivity index (χ0) is 19.2. The molecule has 27 heavy (non-hydrogen) atoms. The fraction of sp³-hybridized carbons (Fsp3) is 0.261. The maximum Gasteiger partial charge on any atom is 0.303 e. The Bertz CT molecular complexity index is 910. The first-order valence-corrected chi connectivity index (χ1v) is 9.19. The van der Waals surface area contributed by atoms with E-state index in [1.807, 2.05) is 37.3 Å². The Morgan fingerprint density at radius 3 is 2.48 bits per heavy atom. The number of carboxylic acids is 1. The summed E-state index contributed by atoms with van der Waals surface area (Å²) in [4.78, 5) is 11.0. The smallest absolute Gasteiger partial charge is 0.303 e. The molecule has 0 aliphatic carbocycles. The minimum Gasteiger partial charge on any atom is -0.492 e. The molecule has 3 aromatic rings. The Labute approximate surface area is 160 Å². The summed E-state index contributed by atoms with van der Waals surface area (Å²) in [6.45, 7) is 5.30. The van der Waals surface area contributed by atoms with Crippen molar-refractivity contribution in [1.29, 1.82) is 0 Å². The number of carbonyl (C=O) groups is 1. The molecule has 0 spiro atoms. The predicted molar refractivity (Wildman–Crippen MR) is 107 cm³/mol. The maximum absolute atomic E-state index is 11.0. The van der Waals surface area contributed by atoms with E-state index in [1.165, 1.54) is 5.56 Å². The number of hydrogen-bond acceptors (Lipinski definition) is 2. The van der Waals surface area contributed by atoms with Crippen LogP contribution in [-0.4, -0.2) is 22.2 Å². The molecule has 0 saturated carbocycles. The molecule has 0 saturated heterocycles. The molecule has 0 radical (unpaired) electrons. The summed E-state index contributed by atoms with van der Waals surface area (Å²) >= 11 is 0. The second-order valence-electron chi connectivity index (χ2n) is 6.79. The first-order valence-electron chi connectivity index (χ1n) is 9.19. The minimum absolute atomic E-state index is 0.121. The molecule has 0 fully saturated rings. The highest BCUT2D eigenvalue weighted by atomic mass is 16.5. The third-order valence-electron chi connectivity index (χ3n) is 4.59. The third-order valence-corrected chi connectivity index (χ3v) is 4.59. The number of ether oxygens (including phenoxy) is 1. The van der Waals surface area contributed by atoms with Crippen LogP contribution in [0, 0.1) is 13.8 Å². The lowest BCUT2D eigenvalue weighted by Gasteiger charge is -2.15. The van der Waals surface area contributed by atoms with Crippen LogP contribution in [0.5, 0.6) is 5.75 Å². The van der Waals surface area contributed by atoms with Crippen molar-refractivity contribution in [2.24, 2.45) is 0 Å². The van der Waals surface area contributed by atoms with E-state index in [9.17, 15) is 4.79 Å². The predicted octanol–water partition coefficient (Wildman–Crippen LogP) is 4.87. The molecule has 0 aliphatic rings. The van der Waals surface area contributed by atoms with Gasteiger partial charge < -0.3 is 14.4 Å². The average molecular weight is 363 g/mol. The van der Waals surface area contributed by atoms with Crippen molar-refractivity contribution >= 4 is 5.97 Å². The Kier molecular flexibility index (Phi) is 5.97. The highest BCUT2D eigenvalue weighted by Crippen LogP contribution is 2.24. The molecule has 4 nitrogen and oxygen atoms in total. The Morgan fingerprint density at radius 1 is 1.00 bits per heavy atom. The quantitative estimate of drug-likeness (QED) is 0.621. The summed E-state index contributed by atoms with van der Waals surface area (Å²) in [6.07, 6.45) is 0.627. The maximum atomic E-state index is 11.0. The van der Waals surface area contributed by atoms with Gasteiger partial charge in [-0.05, 0) is 55.7 Å². The molecule has 0 unspecified atom stereocenters. The topological polar surface area (TPSA) is 51.5 Å². The van der Waals surface area contributed by atoms with E-state index in [1.54, 1.807) is 0 Å². The van der Waals surface area contributed by atoms with Crippen LogP contribution in [0.15, 0.2) is 60.7 Å². The molecule has 0 bridgehead atoms. The summed E-state index contributed by atoms with van der Waals surface area (Å²) < 4.78 is 8.08. The molecule has 3 rings (SSSR count). The molecule has 1 N–H and O–H groups in total. The van der Waals surface area contributed by atoms with Gasteiger partial charge in [0.25, 0.3) is 0 Å². The lowest BCUT2D eigenvalue weighted by Crippen LogP contribution is -2.13. The number of nitrogens with zero attached hydrogens (tertiary/aromatic N) is 1. The summed E-state index contributed by atoms with van der Waals surface area (Å²) in [5, 5.41) is 9.04. The van der Waals surface area contributed by atoms with Gasteiger partial charge in [0.1, 0.15) is 12.4 Å². The fourth-order valence-corrected chi connectivity index (χ4v) is 3.16. The van der Waals surface area contributed by atoms with Crippen LogP contribution in [0.2, 0.25) is 0 Å². The summed E-state index contributed by atoms with van der Waals surface area (Å²) in [5.74, 6) is 0.0711. The van der Waals surface area contributed by atoms with E-state index >= 15 is 0 Å². The molecule has 2 aromatic carbocycles. The van der Waals surface area contributed by atoms with Gasteiger partial charge in [-0.1, -0.05) is 42.0 Å². The number of aryl methyl sites for hydroxylation is 3. The second kappa shape index (κ2) is 8.58. The van der Waals surface area contributed by atoms with Gasteiger partial charge in [0.15, 0.2) is 0 Å². The highest BCUT2D eigenvalue weighted by molar-refractivity contribution is 5.67. The van der Waals surface area contributed by atoms with Crippen LogP contribution >= 0.6 is 0 Å². The number of carboxylic acid groups (broad SMARTS) is 1. The molecule has 1 aromatic heterocycles. The van der Waals surface area contributed by atoms with Crippen molar-refractivity contribution in [1.82, 2.24) is 4.57 Å². The van der Waals surface area contributed by atoms with Crippen molar-refractivity contribution in [3.8, 4) is 17.0 Å². The molecular weight excluding hydrogens is 338 g/mol. The number of benzene rings is 2. The molecule has 4 heteroatoms. The first-order chi connectivity index (χ1) is 13.0. The van der Waals surface area contributed by atoms with Crippen molar-refractivity contribution in [2.45, 2.75) is 33.2 Å². The van der Waals surface area contributed by atoms with Gasteiger partial charge in [-0.15, -0.1) is 0 Å². The number of aliphatic carboxylic acids is 1. The Balaban J connectivity index is 1.79. The SMILES string of the molecule is Cc1ccc(-c2ccc(CCC(=O)O)n2CCOc2cccc(C)c2)cc1. The van der Waals surface area contributed by atoms with E-state index in [0.717, 1.165) is 28.3 Å². The monoisotopic (exact) mass is 363 g/mol. The van der Waals surface area contributed by atoms with Gasteiger partial charge in [0.05, 0.1) is 13.0 Å². The van der Waals surface area contributed by atoms with E-state index in [-0.39, 0.29) is 6.42 Å². The standard InChI is InChI=1S/C23H25NO3/c1-17-6-8-19(9-7-17)22-12-10-20(11-13-23(25)26)24(22)14-15-27-21-5-3-4-18(2)16-21/h3-10,12,16H,11,13-15H2,1-2H3,(H,25,26). The molecule has 140 valence electrons. The molecular formula is C23H25NO3. The van der Waals surface area contributed by atoms with Crippen LogP contribution in [0.4, 0.5) is 0 Å². The molecule has 0 atom stereocenters. The summed E-state index contributed by atoms with van der Waals surface area (Å²) in [7, 11) is 0. The zero-order valence-electron chi connectivity index (χ0n) is 15.8. The summed E-state index contributed by atoms with van der Waals surface area (Å²) in [6, 6.07) is 20.5. The van der Waals surface area contributed by atoms with Gasteiger partial charge in [-0.3, -0.25) is 4.79 Å². The largest absolute Gasteiger partial charge is 0.492 e. The van der Waals surface area contributed by atoms with Gasteiger partial charge in [0, 0.05) is 11.4 Å². The van der Waals surface area contributed by atoms with Crippen molar-refractivity contribution in [3.05, 3.63) is 77.5 Å². The molecule has 0 amide bonds. The molecule has 1 heterocycles. The van der Waals surface area contributed by atoms with Crippen LogP contribution in [0.1, 0.15) is 23.2 Å². The highest BCUT2D eigenvalue weighted by Gasteiger charge is 2.12. The van der Waals surface area contributed by atoms with Crippen LogP contribution in [-0.2, 0) is 17.8 Å². The number of hydrogen-bond donors (Lipinski definition) is 1. The number of aromatic nitrogens is 1. The number of rotatable bonds is 8. The van der Waals surface area contributed by atoms with E-state index in [0.29, 0.717) is 19.6 Å². The Morgan fingerprint density at radius 2 is 1.78 bits per heavy atom. The van der Waals surface area contributed by atoms with Crippen molar-refractivity contribution < 1.29 is 14.6 Å². The third kappa shape index (κ3) is 5.00. The zero-order valence-corrected chi connectivity index (χ0v) is 15.8. The average Bonchev–Trinajstić information content (AvgIpc) is 3.03. The minimum atomic E-state index is -0.782.